The first-order chi connectivity index (χ1) is 6.61. The first-order valence-corrected chi connectivity index (χ1v) is 4.31. The molecule has 1 aromatic rings. The summed E-state index contributed by atoms with van der Waals surface area (Å²) in [5.74, 6) is -1.73. The molecule has 0 aliphatic carbocycles. The summed E-state index contributed by atoms with van der Waals surface area (Å²) in [6, 6.07) is 9.13. The van der Waals surface area contributed by atoms with Crippen molar-refractivity contribution in [2.45, 2.75) is 13.0 Å². The smallest absolute Gasteiger partial charge is 0.279 e. The van der Waals surface area contributed by atoms with Gasteiger partial charge in [0.1, 0.15) is 0 Å². The maximum atomic E-state index is 12.4. The van der Waals surface area contributed by atoms with E-state index in [9.17, 15) is 9.18 Å². The van der Waals surface area contributed by atoms with Crippen LogP contribution in [0.2, 0.25) is 0 Å². The van der Waals surface area contributed by atoms with Gasteiger partial charge >= 0.3 is 0 Å². The molecule has 0 saturated carbocycles. The molecule has 0 heterocycles. The highest BCUT2D eigenvalue weighted by molar-refractivity contribution is 5.90. The maximum Gasteiger partial charge on any atom is 0.279 e. The molecule has 0 aromatic heterocycles. The number of halogens is 1. The standard InChI is InChI=1S/C11H12FNO/c1-8(12)11(14)13-9(2)10-6-4-3-5-7-10/h3-7,9H,1H2,2H3,(H,13,14). The predicted octanol–water partition coefficient (Wildman–Crippen LogP) is 2.35. The molecule has 2 nitrogen and oxygen atoms in total. The molecule has 0 bridgehead atoms. The van der Waals surface area contributed by atoms with Crippen LogP contribution in [0.1, 0.15) is 18.5 Å². The highest BCUT2D eigenvalue weighted by atomic mass is 19.1. The van der Waals surface area contributed by atoms with E-state index in [4.69, 9.17) is 0 Å². The third-order valence-electron chi connectivity index (χ3n) is 1.89. The summed E-state index contributed by atoms with van der Waals surface area (Å²) in [5.41, 5.74) is 0.933. The summed E-state index contributed by atoms with van der Waals surface area (Å²) in [5, 5.41) is 2.48. The Hall–Kier alpha value is -1.64. The van der Waals surface area contributed by atoms with Gasteiger partial charge in [-0.1, -0.05) is 36.9 Å². The van der Waals surface area contributed by atoms with Gasteiger partial charge in [-0.15, -0.1) is 0 Å². The molecule has 0 saturated heterocycles. The highest BCUT2D eigenvalue weighted by Gasteiger charge is 2.10. The van der Waals surface area contributed by atoms with Gasteiger partial charge in [0, 0.05) is 0 Å². The Labute approximate surface area is 82.4 Å². The van der Waals surface area contributed by atoms with Crippen LogP contribution in [-0.2, 0) is 4.79 Å². The van der Waals surface area contributed by atoms with Gasteiger partial charge in [-0.25, -0.2) is 4.39 Å². The summed E-state index contributed by atoms with van der Waals surface area (Å²) in [4.78, 5) is 10.9. The van der Waals surface area contributed by atoms with Gasteiger partial charge in [-0.05, 0) is 12.5 Å². The van der Waals surface area contributed by atoms with Crippen molar-refractivity contribution >= 4 is 5.91 Å². The second kappa shape index (κ2) is 4.56. The fraction of sp³-hybridized carbons (Fsp3) is 0.182. The second-order valence-electron chi connectivity index (χ2n) is 3.01. The van der Waals surface area contributed by atoms with E-state index < -0.39 is 11.7 Å². The number of rotatable bonds is 3. The van der Waals surface area contributed by atoms with Crippen LogP contribution in [0.15, 0.2) is 42.7 Å². The van der Waals surface area contributed by atoms with E-state index in [1.807, 2.05) is 30.3 Å². The molecule has 1 aromatic carbocycles. The molecule has 0 fully saturated rings. The Kier molecular flexibility index (Phi) is 3.40. The monoisotopic (exact) mass is 193 g/mol. The van der Waals surface area contributed by atoms with Crippen molar-refractivity contribution in [3.05, 3.63) is 48.3 Å². The van der Waals surface area contributed by atoms with E-state index in [1.54, 1.807) is 6.92 Å². The second-order valence-corrected chi connectivity index (χ2v) is 3.01. The van der Waals surface area contributed by atoms with E-state index in [1.165, 1.54) is 0 Å². The molecule has 1 unspecified atom stereocenters. The van der Waals surface area contributed by atoms with Crippen molar-refractivity contribution in [1.82, 2.24) is 5.32 Å². The fourth-order valence-electron chi connectivity index (χ4n) is 1.10. The van der Waals surface area contributed by atoms with Crippen molar-refractivity contribution < 1.29 is 9.18 Å². The summed E-state index contributed by atoms with van der Waals surface area (Å²) in [6.45, 7) is 4.71. The highest BCUT2D eigenvalue weighted by Crippen LogP contribution is 2.11. The van der Waals surface area contributed by atoms with Crippen LogP contribution in [-0.4, -0.2) is 5.91 Å². The summed E-state index contributed by atoms with van der Waals surface area (Å²) >= 11 is 0. The lowest BCUT2D eigenvalue weighted by atomic mass is 10.1. The van der Waals surface area contributed by atoms with Gasteiger partial charge < -0.3 is 5.32 Å². The molecule has 0 aliphatic rings. The Morgan fingerprint density at radius 3 is 2.50 bits per heavy atom. The van der Waals surface area contributed by atoms with E-state index >= 15 is 0 Å². The molecule has 0 aliphatic heterocycles. The minimum atomic E-state index is -0.965. The zero-order chi connectivity index (χ0) is 10.6. The van der Waals surface area contributed by atoms with Gasteiger partial charge in [0.05, 0.1) is 6.04 Å². The topological polar surface area (TPSA) is 29.1 Å². The minimum absolute atomic E-state index is 0.212. The van der Waals surface area contributed by atoms with Gasteiger partial charge in [0.25, 0.3) is 5.91 Å². The predicted molar refractivity (Wildman–Crippen MR) is 53.2 cm³/mol. The number of hydrogen-bond donors (Lipinski definition) is 1. The van der Waals surface area contributed by atoms with E-state index in [-0.39, 0.29) is 6.04 Å². The lowest BCUT2D eigenvalue weighted by molar-refractivity contribution is -0.119. The molecule has 0 spiro atoms. The largest absolute Gasteiger partial charge is 0.344 e. The van der Waals surface area contributed by atoms with Crippen molar-refractivity contribution in [1.29, 1.82) is 0 Å². The van der Waals surface area contributed by atoms with E-state index in [0.29, 0.717) is 0 Å². The fourth-order valence-corrected chi connectivity index (χ4v) is 1.10. The Morgan fingerprint density at radius 2 is 2.00 bits per heavy atom. The lowest BCUT2D eigenvalue weighted by Crippen LogP contribution is -2.26. The average Bonchev–Trinajstić information content (AvgIpc) is 2.19. The van der Waals surface area contributed by atoms with E-state index in [2.05, 4.69) is 11.9 Å². The van der Waals surface area contributed by atoms with E-state index in [0.717, 1.165) is 5.56 Å². The molecule has 1 rings (SSSR count). The van der Waals surface area contributed by atoms with Gasteiger partial charge in [0.2, 0.25) is 0 Å². The third-order valence-corrected chi connectivity index (χ3v) is 1.89. The van der Waals surface area contributed by atoms with Crippen LogP contribution in [0.4, 0.5) is 4.39 Å². The van der Waals surface area contributed by atoms with Crippen molar-refractivity contribution in [3.63, 3.8) is 0 Å². The quantitative estimate of drug-likeness (QED) is 0.733. The van der Waals surface area contributed by atoms with Crippen molar-refractivity contribution in [2.75, 3.05) is 0 Å². The minimum Gasteiger partial charge on any atom is -0.344 e. The molecule has 1 atom stereocenters. The summed E-state index contributed by atoms with van der Waals surface area (Å²) in [7, 11) is 0. The number of carbonyl (C=O) groups excluding carboxylic acids is 1. The Bertz CT molecular complexity index is 334. The number of hydrogen-bond acceptors (Lipinski definition) is 1. The third kappa shape index (κ3) is 2.69. The average molecular weight is 193 g/mol. The number of amides is 1. The van der Waals surface area contributed by atoms with Crippen LogP contribution in [0.25, 0.3) is 0 Å². The molecular formula is C11H12FNO. The van der Waals surface area contributed by atoms with Gasteiger partial charge in [0.15, 0.2) is 5.83 Å². The number of benzene rings is 1. The van der Waals surface area contributed by atoms with Crippen molar-refractivity contribution in [2.24, 2.45) is 0 Å². The first kappa shape index (κ1) is 10.4. The molecule has 3 heteroatoms. The maximum absolute atomic E-state index is 12.4. The van der Waals surface area contributed by atoms with Crippen LogP contribution in [0.5, 0.6) is 0 Å². The Balaban J connectivity index is 2.64. The molecule has 14 heavy (non-hydrogen) atoms. The van der Waals surface area contributed by atoms with Crippen molar-refractivity contribution in [3.8, 4) is 0 Å². The Morgan fingerprint density at radius 1 is 1.43 bits per heavy atom. The van der Waals surface area contributed by atoms with Gasteiger partial charge in [-0.3, -0.25) is 4.79 Å². The molecular weight excluding hydrogens is 181 g/mol. The molecule has 0 radical (unpaired) electrons. The van der Waals surface area contributed by atoms with Crippen LogP contribution in [0, 0.1) is 0 Å². The zero-order valence-corrected chi connectivity index (χ0v) is 7.96. The van der Waals surface area contributed by atoms with Gasteiger partial charge in [-0.2, -0.15) is 0 Å². The summed E-state index contributed by atoms with van der Waals surface area (Å²) in [6.07, 6.45) is 0. The normalized spacial score (nSPS) is 11.9. The van der Waals surface area contributed by atoms with Crippen LogP contribution in [0.3, 0.4) is 0 Å². The first-order valence-electron chi connectivity index (χ1n) is 4.31. The zero-order valence-electron chi connectivity index (χ0n) is 7.96. The lowest BCUT2D eigenvalue weighted by Gasteiger charge is -2.12. The molecule has 1 amide bonds. The van der Waals surface area contributed by atoms with Crippen LogP contribution >= 0.6 is 0 Å². The number of nitrogens with one attached hydrogen (secondary N) is 1. The molecule has 74 valence electrons. The van der Waals surface area contributed by atoms with Crippen LogP contribution < -0.4 is 5.32 Å². The number of carbonyl (C=O) groups is 1. The molecule has 1 N–H and O–H groups in total. The SMILES string of the molecule is C=C(F)C(=O)NC(C)c1ccccc1. The summed E-state index contributed by atoms with van der Waals surface area (Å²) < 4.78 is 12.4.